The highest BCUT2D eigenvalue weighted by atomic mass is 16.5. The van der Waals surface area contributed by atoms with Gasteiger partial charge < -0.3 is 14.9 Å². The maximum absolute atomic E-state index is 13.6. The van der Waals surface area contributed by atoms with Gasteiger partial charge in [0.2, 0.25) is 0 Å². The molecular formula is C20H24O5. The summed E-state index contributed by atoms with van der Waals surface area (Å²) in [5.74, 6) is -1.31. The topological polar surface area (TPSA) is 83.8 Å². The highest BCUT2D eigenvalue weighted by Gasteiger charge is 2.75. The van der Waals surface area contributed by atoms with Gasteiger partial charge in [-0.2, -0.15) is 0 Å². The van der Waals surface area contributed by atoms with Crippen molar-refractivity contribution in [2.24, 2.45) is 10.8 Å². The quantitative estimate of drug-likeness (QED) is 0.765. The van der Waals surface area contributed by atoms with Crippen molar-refractivity contribution in [1.29, 1.82) is 0 Å². The number of methoxy groups -OCH3 is 1. The van der Waals surface area contributed by atoms with E-state index in [9.17, 15) is 19.8 Å². The average Bonchev–Trinajstić information content (AvgIpc) is 2.92. The lowest BCUT2D eigenvalue weighted by atomic mass is 9.63. The molecule has 0 amide bonds. The summed E-state index contributed by atoms with van der Waals surface area (Å²) in [5, 5.41) is 21.4. The van der Waals surface area contributed by atoms with Crippen LogP contribution < -0.4 is 0 Å². The normalized spacial score (nSPS) is 37.6. The van der Waals surface area contributed by atoms with Gasteiger partial charge in [0.15, 0.2) is 0 Å². The smallest absolute Gasteiger partial charge is 0.314 e. The van der Waals surface area contributed by atoms with E-state index in [2.05, 4.69) is 0 Å². The first-order chi connectivity index (χ1) is 11.6. The fourth-order valence-corrected chi connectivity index (χ4v) is 5.90. The number of phenolic OH excluding ortho intramolecular Hbond substituents is 1. The first-order valence-corrected chi connectivity index (χ1v) is 8.79. The monoisotopic (exact) mass is 344 g/mol. The Bertz CT molecular complexity index is 811. The van der Waals surface area contributed by atoms with Crippen molar-refractivity contribution in [1.82, 2.24) is 0 Å². The SMILES string of the molecule is COC(=O)[C@H]1c2c(ccc(O)c2C)[C@@H]2CC[C@]3(O)C[C@@]21C(=O)C3(C)C. The number of fused-ring (bicyclic) bond motifs is 3. The Morgan fingerprint density at radius 2 is 2.00 bits per heavy atom. The number of hydrogen-bond acceptors (Lipinski definition) is 5. The van der Waals surface area contributed by atoms with E-state index in [0.29, 0.717) is 24.0 Å². The molecule has 0 heterocycles. The largest absolute Gasteiger partial charge is 0.508 e. The molecule has 1 aromatic rings. The Hall–Kier alpha value is -1.88. The van der Waals surface area contributed by atoms with Gasteiger partial charge in [-0.05, 0) is 54.9 Å². The van der Waals surface area contributed by atoms with E-state index in [-0.39, 0.29) is 23.9 Å². The predicted octanol–water partition coefficient (Wildman–Crippen LogP) is 2.56. The molecule has 5 heteroatoms. The number of aliphatic hydroxyl groups is 1. The molecular weight excluding hydrogens is 320 g/mol. The van der Waals surface area contributed by atoms with Gasteiger partial charge in [0, 0.05) is 0 Å². The van der Waals surface area contributed by atoms with Crippen LogP contribution in [0.3, 0.4) is 0 Å². The van der Waals surface area contributed by atoms with Crippen LogP contribution in [0.25, 0.3) is 0 Å². The van der Waals surface area contributed by atoms with Crippen molar-refractivity contribution < 1.29 is 24.5 Å². The molecule has 0 unspecified atom stereocenters. The number of ketones is 1. The number of carbonyl (C=O) groups excluding carboxylic acids is 2. The van der Waals surface area contributed by atoms with Gasteiger partial charge in [0.25, 0.3) is 0 Å². The maximum Gasteiger partial charge on any atom is 0.314 e. The van der Waals surface area contributed by atoms with Gasteiger partial charge in [-0.3, -0.25) is 9.59 Å². The summed E-state index contributed by atoms with van der Waals surface area (Å²) in [6.45, 7) is 5.34. The molecule has 4 rings (SSSR count). The molecule has 0 aromatic heterocycles. The van der Waals surface area contributed by atoms with Crippen molar-refractivity contribution in [3.63, 3.8) is 0 Å². The van der Waals surface area contributed by atoms with Crippen LogP contribution in [0.1, 0.15) is 61.6 Å². The summed E-state index contributed by atoms with van der Waals surface area (Å²) in [6.07, 6.45) is 1.45. The molecule has 5 nitrogen and oxygen atoms in total. The van der Waals surface area contributed by atoms with E-state index < -0.39 is 28.3 Å². The Balaban J connectivity index is 2.04. The van der Waals surface area contributed by atoms with E-state index in [1.807, 2.05) is 6.07 Å². The lowest BCUT2D eigenvalue weighted by Crippen LogP contribution is -2.43. The van der Waals surface area contributed by atoms with Crippen LogP contribution in [-0.2, 0) is 14.3 Å². The lowest BCUT2D eigenvalue weighted by Gasteiger charge is -2.41. The van der Waals surface area contributed by atoms with Crippen LogP contribution in [0.4, 0.5) is 0 Å². The number of phenols is 1. The third-order valence-electron chi connectivity index (χ3n) is 7.34. The number of aromatic hydroxyl groups is 1. The molecule has 134 valence electrons. The summed E-state index contributed by atoms with van der Waals surface area (Å²) in [7, 11) is 1.32. The summed E-state index contributed by atoms with van der Waals surface area (Å²) in [6, 6.07) is 3.46. The van der Waals surface area contributed by atoms with Gasteiger partial charge in [0.05, 0.1) is 29.5 Å². The van der Waals surface area contributed by atoms with E-state index >= 15 is 0 Å². The average molecular weight is 344 g/mol. The Kier molecular flexibility index (Phi) is 3.08. The molecule has 2 bridgehead atoms. The van der Waals surface area contributed by atoms with Gasteiger partial charge in [-0.25, -0.2) is 0 Å². The number of rotatable bonds is 1. The molecule has 2 saturated carbocycles. The minimum atomic E-state index is -1.11. The number of hydrogen-bond donors (Lipinski definition) is 2. The molecule has 0 radical (unpaired) electrons. The molecule has 2 N–H and O–H groups in total. The summed E-state index contributed by atoms with van der Waals surface area (Å²) in [5.41, 5.74) is -0.717. The van der Waals surface area contributed by atoms with Crippen molar-refractivity contribution in [2.75, 3.05) is 7.11 Å². The second-order valence-corrected chi connectivity index (χ2v) is 8.46. The predicted molar refractivity (Wildman–Crippen MR) is 90.4 cm³/mol. The van der Waals surface area contributed by atoms with E-state index in [1.165, 1.54) is 7.11 Å². The van der Waals surface area contributed by atoms with Crippen LogP contribution >= 0.6 is 0 Å². The number of ether oxygens (including phenoxy) is 1. The zero-order chi connectivity index (χ0) is 18.4. The van der Waals surface area contributed by atoms with Gasteiger partial charge in [-0.1, -0.05) is 19.9 Å². The maximum atomic E-state index is 13.6. The van der Waals surface area contributed by atoms with Crippen molar-refractivity contribution in [3.8, 4) is 5.75 Å². The standard InChI is InChI=1S/C20H24O5/c1-10-13(21)6-5-11-12-7-8-19(24)9-20(12,17(23)18(19,2)3)15(14(10)11)16(22)25-4/h5-6,12,15,21,24H,7-9H2,1-4H3/t12-,15+,19-,20+/m0/s1. The van der Waals surface area contributed by atoms with Crippen LogP contribution in [0.15, 0.2) is 12.1 Å². The number of esters is 1. The fraction of sp³-hybridized carbons (Fsp3) is 0.600. The third-order valence-corrected chi connectivity index (χ3v) is 7.34. The minimum absolute atomic E-state index is 0.0597. The van der Waals surface area contributed by atoms with Crippen LogP contribution in [-0.4, -0.2) is 34.7 Å². The van der Waals surface area contributed by atoms with E-state index in [4.69, 9.17) is 4.74 Å². The molecule has 3 aliphatic carbocycles. The summed E-state index contributed by atoms with van der Waals surface area (Å²) in [4.78, 5) is 26.4. The van der Waals surface area contributed by atoms with Crippen molar-refractivity contribution in [3.05, 3.63) is 28.8 Å². The first kappa shape index (κ1) is 16.6. The molecule has 25 heavy (non-hydrogen) atoms. The molecule has 0 aliphatic heterocycles. The minimum Gasteiger partial charge on any atom is -0.508 e. The zero-order valence-electron chi connectivity index (χ0n) is 15.0. The molecule has 3 aliphatic rings. The summed E-state index contributed by atoms with van der Waals surface area (Å²) < 4.78 is 5.08. The Labute approximate surface area is 147 Å². The van der Waals surface area contributed by atoms with Crippen LogP contribution in [0.2, 0.25) is 0 Å². The van der Waals surface area contributed by atoms with Gasteiger partial charge in [0.1, 0.15) is 11.5 Å². The Morgan fingerprint density at radius 1 is 1.32 bits per heavy atom. The van der Waals surface area contributed by atoms with Crippen molar-refractivity contribution >= 4 is 11.8 Å². The van der Waals surface area contributed by atoms with E-state index in [0.717, 1.165) is 5.56 Å². The number of Topliss-reactive ketones (excluding diaryl/α,β-unsaturated/α-hetero) is 1. The lowest BCUT2D eigenvalue weighted by molar-refractivity contribution is -0.150. The highest BCUT2D eigenvalue weighted by Crippen LogP contribution is 2.73. The molecule has 2 fully saturated rings. The van der Waals surface area contributed by atoms with Gasteiger partial charge >= 0.3 is 5.97 Å². The number of benzene rings is 1. The van der Waals surface area contributed by atoms with Gasteiger partial charge in [-0.15, -0.1) is 0 Å². The van der Waals surface area contributed by atoms with Crippen LogP contribution in [0, 0.1) is 17.8 Å². The highest BCUT2D eigenvalue weighted by molar-refractivity contribution is 6.02. The third kappa shape index (κ3) is 1.63. The molecule has 1 spiro atoms. The van der Waals surface area contributed by atoms with Crippen LogP contribution in [0.5, 0.6) is 5.75 Å². The first-order valence-electron chi connectivity index (χ1n) is 8.79. The number of carbonyl (C=O) groups is 2. The molecule has 4 atom stereocenters. The molecule has 0 saturated heterocycles. The van der Waals surface area contributed by atoms with Crippen molar-refractivity contribution in [2.45, 2.75) is 57.5 Å². The second kappa shape index (κ2) is 4.64. The summed E-state index contributed by atoms with van der Waals surface area (Å²) >= 11 is 0. The van der Waals surface area contributed by atoms with E-state index in [1.54, 1.807) is 26.8 Å². The second-order valence-electron chi connectivity index (χ2n) is 8.46. The molecule has 1 aromatic carbocycles. The fourth-order valence-electron chi connectivity index (χ4n) is 5.90. The zero-order valence-corrected chi connectivity index (χ0v) is 15.0. The Morgan fingerprint density at radius 3 is 2.64 bits per heavy atom.